The van der Waals surface area contributed by atoms with Gasteiger partial charge < -0.3 is 10.5 Å². The number of nitrogen functional groups attached to an aromatic ring is 1. The number of nitrogens with one attached hydrogen (secondary N) is 1. The van der Waals surface area contributed by atoms with Gasteiger partial charge in [0.1, 0.15) is 5.82 Å². The summed E-state index contributed by atoms with van der Waals surface area (Å²) in [7, 11) is 0. The number of hydrogen-bond acceptors (Lipinski definition) is 5. The quantitative estimate of drug-likeness (QED) is 0.580. The lowest BCUT2D eigenvalue weighted by atomic mass is 10.1. The van der Waals surface area contributed by atoms with Crippen molar-refractivity contribution >= 4 is 16.7 Å². The molecule has 0 aliphatic carbocycles. The fraction of sp³-hybridized carbons (Fsp3) is 0.400. The highest BCUT2D eigenvalue weighted by molar-refractivity contribution is 5.81. The lowest BCUT2D eigenvalue weighted by Crippen LogP contribution is -2.32. The molecule has 1 unspecified atom stereocenters. The van der Waals surface area contributed by atoms with Crippen molar-refractivity contribution in [3.8, 4) is 0 Å². The van der Waals surface area contributed by atoms with Crippen molar-refractivity contribution in [1.29, 1.82) is 0 Å². The minimum absolute atomic E-state index is 0.215. The van der Waals surface area contributed by atoms with Gasteiger partial charge in [0.15, 0.2) is 0 Å². The van der Waals surface area contributed by atoms with Crippen LogP contribution < -0.4 is 11.3 Å². The van der Waals surface area contributed by atoms with E-state index in [2.05, 4.69) is 27.4 Å². The largest absolute Gasteiger partial charge is 0.395 e. The molecule has 106 valence electrons. The molecule has 1 atom stereocenters. The monoisotopic (exact) mass is 272 g/mol. The van der Waals surface area contributed by atoms with Crippen molar-refractivity contribution in [3.63, 3.8) is 0 Å². The van der Waals surface area contributed by atoms with Crippen LogP contribution in [0.5, 0.6) is 0 Å². The van der Waals surface area contributed by atoms with Crippen LogP contribution in [-0.2, 0) is 6.54 Å². The fourth-order valence-corrected chi connectivity index (χ4v) is 2.93. The Morgan fingerprint density at radius 1 is 1.40 bits per heavy atom. The van der Waals surface area contributed by atoms with E-state index in [1.165, 1.54) is 0 Å². The SMILES string of the molecule is NNc1nc2ccccc2cc1CN1CCCC1CO. The summed E-state index contributed by atoms with van der Waals surface area (Å²) >= 11 is 0. The minimum Gasteiger partial charge on any atom is -0.395 e. The second-order valence-corrected chi connectivity index (χ2v) is 5.28. The summed E-state index contributed by atoms with van der Waals surface area (Å²) < 4.78 is 0. The van der Waals surface area contributed by atoms with Crippen LogP contribution >= 0.6 is 0 Å². The van der Waals surface area contributed by atoms with Crippen molar-refractivity contribution in [2.75, 3.05) is 18.6 Å². The van der Waals surface area contributed by atoms with Crippen molar-refractivity contribution < 1.29 is 5.11 Å². The summed E-state index contributed by atoms with van der Waals surface area (Å²) in [6.07, 6.45) is 2.19. The molecular weight excluding hydrogens is 252 g/mol. The first kappa shape index (κ1) is 13.3. The van der Waals surface area contributed by atoms with E-state index in [1.54, 1.807) is 0 Å². The summed E-state index contributed by atoms with van der Waals surface area (Å²) in [5.41, 5.74) is 4.70. The van der Waals surface area contributed by atoms with E-state index in [0.717, 1.165) is 42.4 Å². The zero-order valence-corrected chi connectivity index (χ0v) is 11.4. The van der Waals surface area contributed by atoms with Crippen LogP contribution in [0.1, 0.15) is 18.4 Å². The fourth-order valence-electron chi connectivity index (χ4n) is 2.93. The molecule has 20 heavy (non-hydrogen) atoms. The normalized spacial score (nSPS) is 19.6. The molecule has 1 aromatic heterocycles. The maximum atomic E-state index is 9.42. The molecular formula is C15H20N4O. The third-order valence-corrected chi connectivity index (χ3v) is 4.02. The summed E-state index contributed by atoms with van der Waals surface area (Å²) in [5, 5.41) is 10.5. The number of benzene rings is 1. The molecule has 0 amide bonds. The van der Waals surface area contributed by atoms with E-state index >= 15 is 0 Å². The molecule has 5 nitrogen and oxygen atoms in total. The lowest BCUT2D eigenvalue weighted by Gasteiger charge is -2.23. The molecule has 0 radical (unpaired) electrons. The van der Waals surface area contributed by atoms with Gasteiger partial charge in [-0.3, -0.25) is 4.90 Å². The number of aromatic nitrogens is 1. The van der Waals surface area contributed by atoms with Crippen molar-refractivity contribution in [2.45, 2.75) is 25.4 Å². The van der Waals surface area contributed by atoms with Gasteiger partial charge in [-0.2, -0.15) is 0 Å². The van der Waals surface area contributed by atoms with Crippen molar-refractivity contribution in [2.24, 2.45) is 5.84 Å². The molecule has 1 saturated heterocycles. The van der Waals surface area contributed by atoms with Crippen molar-refractivity contribution in [3.05, 3.63) is 35.9 Å². The number of nitrogens with two attached hydrogens (primary N) is 1. The molecule has 5 heteroatoms. The van der Waals surface area contributed by atoms with Crippen LogP contribution in [0, 0.1) is 0 Å². The van der Waals surface area contributed by atoms with Crippen molar-refractivity contribution in [1.82, 2.24) is 9.88 Å². The molecule has 2 aromatic rings. The standard InChI is InChI=1S/C15H20N4O/c16-18-15-12(9-19-7-3-5-13(19)10-20)8-11-4-1-2-6-14(11)17-15/h1-2,4,6,8,13,20H,3,5,7,9-10,16H2,(H,17,18). The number of nitrogens with zero attached hydrogens (tertiary/aromatic N) is 2. The first-order chi connectivity index (χ1) is 9.81. The van der Waals surface area contributed by atoms with Crippen LogP contribution in [0.15, 0.2) is 30.3 Å². The lowest BCUT2D eigenvalue weighted by molar-refractivity contribution is 0.154. The predicted molar refractivity (Wildman–Crippen MR) is 80.1 cm³/mol. The highest BCUT2D eigenvalue weighted by atomic mass is 16.3. The molecule has 3 rings (SSSR count). The average Bonchev–Trinajstić information content (AvgIpc) is 2.93. The molecule has 1 aliphatic rings. The van der Waals surface area contributed by atoms with Gasteiger partial charge >= 0.3 is 0 Å². The summed E-state index contributed by atoms with van der Waals surface area (Å²) in [6, 6.07) is 10.4. The number of aliphatic hydroxyl groups excluding tert-OH is 1. The van der Waals surface area contributed by atoms with Gasteiger partial charge in [0.05, 0.1) is 12.1 Å². The van der Waals surface area contributed by atoms with Crippen LogP contribution in [0.4, 0.5) is 5.82 Å². The van der Waals surface area contributed by atoms with Crippen LogP contribution in [0.25, 0.3) is 10.9 Å². The van der Waals surface area contributed by atoms with Crippen LogP contribution in [0.3, 0.4) is 0 Å². The highest BCUT2D eigenvalue weighted by Crippen LogP contribution is 2.25. The number of hydrazine groups is 1. The Hall–Kier alpha value is -1.69. The Kier molecular flexibility index (Phi) is 3.82. The number of anilines is 1. The zero-order valence-electron chi connectivity index (χ0n) is 11.4. The maximum Gasteiger partial charge on any atom is 0.145 e. The Morgan fingerprint density at radius 3 is 3.05 bits per heavy atom. The van der Waals surface area contributed by atoms with Gasteiger partial charge in [-0.15, -0.1) is 0 Å². The van der Waals surface area contributed by atoms with Gasteiger partial charge in [0.25, 0.3) is 0 Å². The third kappa shape index (κ3) is 2.47. The number of para-hydroxylation sites is 1. The Balaban J connectivity index is 1.93. The summed E-state index contributed by atoms with van der Waals surface area (Å²) in [5.74, 6) is 6.32. The van der Waals surface area contributed by atoms with Gasteiger partial charge in [0.2, 0.25) is 0 Å². The molecule has 0 spiro atoms. The number of pyridine rings is 1. The Morgan fingerprint density at radius 2 is 2.25 bits per heavy atom. The topological polar surface area (TPSA) is 74.4 Å². The average molecular weight is 272 g/mol. The molecule has 0 saturated carbocycles. The third-order valence-electron chi connectivity index (χ3n) is 4.02. The molecule has 4 N–H and O–H groups in total. The minimum atomic E-state index is 0.215. The Labute approximate surface area is 118 Å². The van der Waals surface area contributed by atoms with E-state index in [9.17, 15) is 5.11 Å². The predicted octanol–water partition coefficient (Wildman–Crippen LogP) is 1.48. The Bertz CT molecular complexity index is 601. The number of rotatable bonds is 4. The van der Waals surface area contributed by atoms with Crippen LogP contribution in [-0.4, -0.2) is 34.2 Å². The number of likely N-dealkylation sites (tertiary alicyclic amines) is 1. The van der Waals surface area contributed by atoms with Crippen LogP contribution in [0.2, 0.25) is 0 Å². The highest BCUT2D eigenvalue weighted by Gasteiger charge is 2.24. The molecule has 2 heterocycles. The first-order valence-electron chi connectivity index (χ1n) is 7.02. The summed E-state index contributed by atoms with van der Waals surface area (Å²) in [6.45, 7) is 2.00. The van der Waals surface area contributed by atoms with E-state index in [4.69, 9.17) is 5.84 Å². The second kappa shape index (κ2) is 5.75. The molecule has 0 bridgehead atoms. The smallest absolute Gasteiger partial charge is 0.145 e. The van der Waals surface area contributed by atoms with E-state index < -0.39 is 0 Å². The molecule has 1 aromatic carbocycles. The van der Waals surface area contributed by atoms with Gasteiger partial charge in [0, 0.05) is 23.5 Å². The number of hydrogen-bond donors (Lipinski definition) is 3. The van der Waals surface area contributed by atoms with Gasteiger partial charge in [-0.25, -0.2) is 10.8 Å². The second-order valence-electron chi connectivity index (χ2n) is 5.28. The molecule has 1 aliphatic heterocycles. The van der Waals surface area contributed by atoms with E-state index in [1.807, 2.05) is 18.2 Å². The van der Waals surface area contributed by atoms with E-state index in [0.29, 0.717) is 5.82 Å². The zero-order chi connectivity index (χ0) is 13.9. The molecule has 1 fully saturated rings. The number of fused-ring (bicyclic) bond motifs is 1. The maximum absolute atomic E-state index is 9.42. The number of aliphatic hydroxyl groups is 1. The summed E-state index contributed by atoms with van der Waals surface area (Å²) in [4.78, 5) is 6.86. The van der Waals surface area contributed by atoms with Gasteiger partial charge in [-0.1, -0.05) is 18.2 Å². The first-order valence-corrected chi connectivity index (χ1v) is 7.02. The van der Waals surface area contributed by atoms with Gasteiger partial charge in [-0.05, 0) is 31.5 Å². The van der Waals surface area contributed by atoms with E-state index in [-0.39, 0.29) is 12.6 Å².